The zero-order valence-electron chi connectivity index (χ0n) is 15.6. The molecule has 2 aromatic carbocycles. The fraction of sp³-hybridized carbons (Fsp3) is 0.381. The van der Waals surface area contributed by atoms with Crippen molar-refractivity contribution in [2.45, 2.75) is 25.4 Å². The Morgan fingerprint density at radius 3 is 2.56 bits per heavy atom. The average molecular weight is 434 g/mol. The maximum absolute atomic E-state index is 13.2. The molecule has 6 heteroatoms. The number of hydrogen-bond donors (Lipinski definition) is 0. The Labute approximate surface area is 168 Å². The van der Waals surface area contributed by atoms with Crippen molar-refractivity contribution in [2.24, 2.45) is 0 Å². The SMILES string of the molecule is COc1ccc(C2Oc3ccccc3N(CCCCCBr)C2=O)cc1OC. The number of alkyl halides is 1. The summed E-state index contributed by atoms with van der Waals surface area (Å²) in [5.74, 6) is 1.86. The first-order valence-electron chi connectivity index (χ1n) is 9.04. The van der Waals surface area contributed by atoms with Gasteiger partial charge in [-0.25, -0.2) is 0 Å². The molecule has 1 aliphatic heterocycles. The Bertz CT molecular complexity index is 796. The second kappa shape index (κ2) is 9.13. The van der Waals surface area contributed by atoms with Crippen molar-refractivity contribution in [3.63, 3.8) is 0 Å². The summed E-state index contributed by atoms with van der Waals surface area (Å²) in [6, 6.07) is 13.1. The molecule has 1 atom stereocenters. The maximum Gasteiger partial charge on any atom is 0.272 e. The monoisotopic (exact) mass is 433 g/mol. The first-order chi connectivity index (χ1) is 13.2. The second-order valence-corrected chi connectivity index (χ2v) is 7.11. The highest BCUT2D eigenvalue weighted by Gasteiger charge is 2.35. The number of nitrogens with zero attached hydrogens (tertiary/aromatic N) is 1. The highest BCUT2D eigenvalue weighted by atomic mass is 79.9. The lowest BCUT2D eigenvalue weighted by molar-refractivity contribution is -0.126. The van der Waals surface area contributed by atoms with Crippen molar-refractivity contribution in [3.05, 3.63) is 48.0 Å². The summed E-state index contributed by atoms with van der Waals surface area (Å²) < 4.78 is 16.7. The molecule has 0 fully saturated rings. The lowest BCUT2D eigenvalue weighted by Gasteiger charge is -2.34. The molecule has 0 bridgehead atoms. The van der Waals surface area contributed by atoms with Gasteiger partial charge < -0.3 is 19.1 Å². The third-order valence-electron chi connectivity index (χ3n) is 4.62. The molecule has 1 unspecified atom stereocenters. The van der Waals surface area contributed by atoms with Crippen molar-refractivity contribution in [2.75, 3.05) is 31.0 Å². The molecule has 0 aliphatic carbocycles. The number of ether oxygens (including phenoxy) is 3. The van der Waals surface area contributed by atoms with Crippen LogP contribution in [0, 0.1) is 0 Å². The summed E-state index contributed by atoms with van der Waals surface area (Å²) in [5.41, 5.74) is 1.58. The lowest BCUT2D eigenvalue weighted by Crippen LogP contribution is -2.41. The van der Waals surface area contributed by atoms with E-state index in [2.05, 4.69) is 15.9 Å². The zero-order valence-corrected chi connectivity index (χ0v) is 17.2. The van der Waals surface area contributed by atoms with Crippen LogP contribution in [0.3, 0.4) is 0 Å². The van der Waals surface area contributed by atoms with E-state index in [1.165, 1.54) is 0 Å². The average Bonchev–Trinajstić information content (AvgIpc) is 2.71. The van der Waals surface area contributed by atoms with Gasteiger partial charge in [0.2, 0.25) is 6.10 Å². The number of halogens is 1. The number of methoxy groups -OCH3 is 2. The van der Waals surface area contributed by atoms with Gasteiger partial charge in [-0.15, -0.1) is 0 Å². The number of fused-ring (bicyclic) bond motifs is 1. The Morgan fingerprint density at radius 2 is 1.81 bits per heavy atom. The number of carbonyl (C=O) groups is 1. The first-order valence-corrected chi connectivity index (χ1v) is 10.2. The standard InChI is InChI=1S/C21H24BrNO4/c1-25-18-11-10-15(14-19(18)26-2)20-21(24)23(13-7-3-6-12-22)16-8-4-5-9-17(16)27-20/h4-5,8-11,14,20H,3,6-7,12-13H2,1-2H3. The van der Waals surface area contributed by atoms with Gasteiger partial charge in [-0.2, -0.15) is 0 Å². The molecule has 0 saturated carbocycles. The van der Waals surface area contributed by atoms with Crippen LogP contribution in [0.25, 0.3) is 0 Å². The highest BCUT2D eigenvalue weighted by molar-refractivity contribution is 9.09. The number of amides is 1. The minimum absolute atomic E-state index is 0.0558. The van der Waals surface area contributed by atoms with Gasteiger partial charge in [0.15, 0.2) is 11.5 Å². The van der Waals surface area contributed by atoms with Gasteiger partial charge >= 0.3 is 0 Å². The minimum Gasteiger partial charge on any atom is -0.493 e. The van der Waals surface area contributed by atoms with E-state index in [0.29, 0.717) is 18.0 Å². The van der Waals surface area contributed by atoms with Crippen LogP contribution in [0.1, 0.15) is 30.9 Å². The van der Waals surface area contributed by atoms with Crippen LogP contribution in [-0.2, 0) is 4.79 Å². The van der Waals surface area contributed by atoms with Gasteiger partial charge in [0.05, 0.1) is 19.9 Å². The zero-order chi connectivity index (χ0) is 19.2. The van der Waals surface area contributed by atoms with E-state index in [-0.39, 0.29) is 5.91 Å². The number of hydrogen-bond acceptors (Lipinski definition) is 4. The quantitative estimate of drug-likeness (QED) is 0.445. The summed E-state index contributed by atoms with van der Waals surface area (Å²) >= 11 is 3.46. The number of benzene rings is 2. The molecule has 0 aromatic heterocycles. The summed E-state index contributed by atoms with van der Waals surface area (Å²) in [6.07, 6.45) is 2.42. The van der Waals surface area contributed by atoms with Crippen molar-refractivity contribution in [1.82, 2.24) is 0 Å². The molecule has 27 heavy (non-hydrogen) atoms. The molecule has 0 spiro atoms. The first kappa shape index (κ1) is 19.5. The summed E-state index contributed by atoms with van der Waals surface area (Å²) in [6.45, 7) is 0.677. The fourth-order valence-electron chi connectivity index (χ4n) is 3.22. The van der Waals surface area contributed by atoms with Crippen LogP contribution in [-0.4, -0.2) is 32.0 Å². The fourth-order valence-corrected chi connectivity index (χ4v) is 3.61. The Balaban J connectivity index is 1.90. The molecule has 0 radical (unpaired) electrons. The highest BCUT2D eigenvalue weighted by Crippen LogP contribution is 2.40. The molecule has 5 nitrogen and oxygen atoms in total. The van der Waals surface area contributed by atoms with E-state index in [1.54, 1.807) is 26.4 Å². The minimum atomic E-state index is -0.698. The van der Waals surface area contributed by atoms with E-state index in [1.807, 2.05) is 35.2 Å². The molecule has 1 aliphatic rings. The number of rotatable bonds is 8. The molecule has 144 valence electrons. The number of para-hydroxylation sites is 2. The predicted octanol–water partition coefficient (Wildman–Crippen LogP) is 4.74. The van der Waals surface area contributed by atoms with Crippen molar-refractivity contribution >= 4 is 27.5 Å². The molecule has 0 saturated heterocycles. The summed E-state index contributed by atoms with van der Waals surface area (Å²) in [7, 11) is 3.17. The van der Waals surface area contributed by atoms with Gasteiger partial charge in [0.1, 0.15) is 5.75 Å². The van der Waals surface area contributed by atoms with E-state index >= 15 is 0 Å². The summed E-state index contributed by atoms with van der Waals surface area (Å²) in [4.78, 5) is 15.1. The maximum atomic E-state index is 13.2. The van der Waals surface area contributed by atoms with Crippen LogP contribution in [0.5, 0.6) is 17.2 Å². The Morgan fingerprint density at radius 1 is 1.04 bits per heavy atom. The largest absolute Gasteiger partial charge is 0.493 e. The van der Waals surface area contributed by atoms with Crippen molar-refractivity contribution < 1.29 is 19.0 Å². The lowest BCUT2D eigenvalue weighted by atomic mass is 10.0. The second-order valence-electron chi connectivity index (χ2n) is 6.32. The van der Waals surface area contributed by atoms with Crippen molar-refractivity contribution in [3.8, 4) is 17.2 Å². The van der Waals surface area contributed by atoms with Gasteiger partial charge in [0, 0.05) is 17.4 Å². The van der Waals surface area contributed by atoms with E-state index in [0.717, 1.165) is 41.6 Å². The third kappa shape index (κ3) is 4.21. The number of anilines is 1. The molecule has 0 N–H and O–H groups in total. The van der Waals surface area contributed by atoms with Crippen LogP contribution < -0.4 is 19.1 Å². The van der Waals surface area contributed by atoms with Gasteiger partial charge in [-0.3, -0.25) is 4.79 Å². The van der Waals surface area contributed by atoms with Crippen molar-refractivity contribution in [1.29, 1.82) is 0 Å². The molecule has 2 aromatic rings. The molecular weight excluding hydrogens is 410 g/mol. The normalized spacial score (nSPS) is 15.9. The summed E-state index contributed by atoms with van der Waals surface area (Å²) in [5, 5.41) is 0.981. The number of unbranched alkanes of at least 4 members (excludes halogenated alkanes) is 2. The van der Waals surface area contributed by atoms with Crippen LogP contribution >= 0.6 is 15.9 Å². The van der Waals surface area contributed by atoms with E-state index in [4.69, 9.17) is 14.2 Å². The van der Waals surface area contributed by atoms with Crippen LogP contribution in [0.15, 0.2) is 42.5 Å². The molecule has 3 rings (SSSR count). The van der Waals surface area contributed by atoms with Gasteiger partial charge in [-0.05, 0) is 37.1 Å². The molecular formula is C21H24BrNO4. The molecule has 1 heterocycles. The Kier molecular flexibility index (Phi) is 6.61. The Hall–Kier alpha value is -2.21. The smallest absolute Gasteiger partial charge is 0.272 e. The van der Waals surface area contributed by atoms with Gasteiger partial charge in [-0.1, -0.05) is 40.5 Å². The van der Waals surface area contributed by atoms with Gasteiger partial charge in [0.25, 0.3) is 5.91 Å². The van der Waals surface area contributed by atoms with Crippen LogP contribution in [0.2, 0.25) is 0 Å². The van der Waals surface area contributed by atoms with E-state index in [9.17, 15) is 4.79 Å². The molecule has 1 amide bonds. The predicted molar refractivity (Wildman–Crippen MR) is 109 cm³/mol. The topological polar surface area (TPSA) is 48.0 Å². The van der Waals surface area contributed by atoms with Crippen LogP contribution in [0.4, 0.5) is 5.69 Å². The third-order valence-corrected chi connectivity index (χ3v) is 5.18. The van der Waals surface area contributed by atoms with E-state index < -0.39 is 6.10 Å². The number of carbonyl (C=O) groups excluding carboxylic acids is 1.